The van der Waals surface area contributed by atoms with Crippen LogP contribution in [0.4, 0.5) is 5.69 Å². The number of pyridine rings is 1. The number of carbonyl (C=O) groups excluding carboxylic acids is 1. The molecule has 5 rings (SSSR count). The largest absolute Gasteiger partial charge is 0.390 e. The molecular weight excluding hydrogens is 420 g/mol. The summed E-state index contributed by atoms with van der Waals surface area (Å²) < 4.78 is 4.52. The topological polar surface area (TPSA) is 109 Å². The first-order chi connectivity index (χ1) is 15.8. The fourth-order valence-electron chi connectivity index (χ4n) is 4.42. The summed E-state index contributed by atoms with van der Waals surface area (Å²) >= 11 is 0. The molecule has 1 aliphatic rings. The second kappa shape index (κ2) is 8.00. The molecule has 9 nitrogen and oxygen atoms in total. The maximum absolute atomic E-state index is 13.0. The number of carbonyl (C=O) groups is 1. The first-order valence-corrected chi connectivity index (χ1v) is 11.1. The van der Waals surface area contributed by atoms with Crippen LogP contribution in [0.5, 0.6) is 0 Å². The molecule has 3 N–H and O–H groups in total. The third-order valence-corrected chi connectivity index (χ3v) is 6.43. The van der Waals surface area contributed by atoms with E-state index in [1.54, 1.807) is 42.2 Å². The number of nitrogens with one attached hydrogen (secondary N) is 1. The number of rotatable bonds is 4. The van der Waals surface area contributed by atoms with E-state index in [9.17, 15) is 15.1 Å². The van der Waals surface area contributed by atoms with Crippen LogP contribution < -0.4 is 10.0 Å². The molecule has 0 saturated heterocycles. The molecule has 0 radical (unpaired) electrons. The monoisotopic (exact) mass is 447 g/mol. The zero-order chi connectivity index (χ0) is 23.2. The van der Waals surface area contributed by atoms with Crippen molar-refractivity contribution in [1.82, 2.24) is 19.6 Å². The van der Waals surface area contributed by atoms with Crippen molar-refractivity contribution in [1.29, 1.82) is 0 Å². The lowest BCUT2D eigenvalue weighted by atomic mass is 9.84. The van der Waals surface area contributed by atoms with Gasteiger partial charge in [0.05, 0.1) is 28.5 Å². The quantitative estimate of drug-likeness (QED) is 0.329. The van der Waals surface area contributed by atoms with Crippen molar-refractivity contribution in [2.45, 2.75) is 51.2 Å². The molecule has 3 aromatic heterocycles. The Labute approximate surface area is 190 Å². The maximum Gasteiger partial charge on any atom is 0.325 e. The van der Waals surface area contributed by atoms with Gasteiger partial charge in [-0.25, -0.2) is 4.68 Å². The van der Waals surface area contributed by atoms with Crippen LogP contribution in [0.1, 0.15) is 54.8 Å². The fourth-order valence-corrected chi connectivity index (χ4v) is 4.42. The van der Waals surface area contributed by atoms with E-state index >= 15 is 0 Å². The number of hydrogen-bond donors (Lipinski definition) is 3. The molecule has 0 bridgehead atoms. The van der Waals surface area contributed by atoms with Crippen molar-refractivity contribution in [2.75, 3.05) is 5.32 Å². The summed E-state index contributed by atoms with van der Waals surface area (Å²) in [6.45, 7) is 3.61. The minimum atomic E-state index is -0.604. The van der Waals surface area contributed by atoms with Crippen molar-refractivity contribution in [3.8, 4) is 5.69 Å². The Bertz CT molecular complexity index is 1320. The zero-order valence-electron chi connectivity index (χ0n) is 18.6. The summed E-state index contributed by atoms with van der Waals surface area (Å²) in [7, 11) is 0. The smallest absolute Gasteiger partial charge is 0.325 e. The summed E-state index contributed by atoms with van der Waals surface area (Å²) in [5.74, 6) is -0.434. The molecule has 0 spiro atoms. The lowest BCUT2D eigenvalue weighted by Crippen LogP contribution is -2.42. The first-order valence-electron chi connectivity index (χ1n) is 11.1. The van der Waals surface area contributed by atoms with Crippen LogP contribution in [-0.2, 0) is 0 Å². The average Bonchev–Trinajstić information content (AvgIpc) is 3.44. The van der Waals surface area contributed by atoms with E-state index in [2.05, 4.69) is 10.4 Å². The highest BCUT2D eigenvalue weighted by molar-refractivity contribution is 6.04. The van der Waals surface area contributed by atoms with Crippen molar-refractivity contribution >= 4 is 22.5 Å². The third kappa shape index (κ3) is 4.07. The second-order valence-corrected chi connectivity index (χ2v) is 9.03. The lowest BCUT2D eigenvalue weighted by molar-refractivity contribution is -0.909. The minimum absolute atomic E-state index is 0.131. The van der Waals surface area contributed by atoms with Crippen LogP contribution in [0.25, 0.3) is 16.6 Å². The number of aliphatic hydroxyl groups is 1. The van der Waals surface area contributed by atoms with Crippen LogP contribution in [0.15, 0.2) is 55.0 Å². The van der Waals surface area contributed by atoms with Gasteiger partial charge in [0, 0.05) is 47.8 Å². The van der Waals surface area contributed by atoms with Gasteiger partial charge in [0.1, 0.15) is 0 Å². The molecule has 0 unspecified atom stereocenters. The van der Waals surface area contributed by atoms with Crippen LogP contribution in [-0.4, -0.2) is 41.4 Å². The molecule has 170 valence electrons. The van der Waals surface area contributed by atoms with Crippen molar-refractivity contribution < 1.29 is 19.8 Å². The summed E-state index contributed by atoms with van der Waals surface area (Å²) in [4.78, 5) is 13.0. The van der Waals surface area contributed by atoms with Crippen molar-refractivity contribution in [3.05, 3.63) is 66.4 Å². The fraction of sp³-hybridized carbons (Fsp3) is 0.333. The molecule has 0 atom stereocenters. The molecule has 0 aliphatic heterocycles. The number of benzene rings is 1. The Balaban J connectivity index is 1.52. The summed E-state index contributed by atoms with van der Waals surface area (Å²) in [6, 6.07) is 10.8. The van der Waals surface area contributed by atoms with E-state index in [0.717, 1.165) is 41.3 Å². The molecule has 1 amide bonds. The molecule has 1 saturated carbocycles. The summed E-state index contributed by atoms with van der Waals surface area (Å²) in [6.07, 6.45) is 8.67. The molecule has 33 heavy (non-hydrogen) atoms. The number of amides is 1. The summed E-state index contributed by atoms with van der Waals surface area (Å²) in [5.41, 5.74) is 2.11. The van der Waals surface area contributed by atoms with Crippen molar-refractivity contribution in [2.24, 2.45) is 0 Å². The predicted molar refractivity (Wildman–Crippen MR) is 121 cm³/mol. The Morgan fingerprint density at radius 2 is 2.03 bits per heavy atom. The number of hydrogen-bond acceptors (Lipinski definition) is 5. The van der Waals surface area contributed by atoms with Gasteiger partial charge < -0.3 is 10.4 Å². The SMILES string of the molecule is Cc1cccc(C(=O)Nc2cc3cn(C4CCC(C)(O)CC4)nc3cc2-n2cccn2)[n+]1O. The normalized spacial score (nSPS) is 20.8. The number of anilines is 1. The Morgan fingerprint density at radius 3 is 2.76 bits per heavy atom. The van der Waals surface area contributed by atoms with E-state index in [0.29, 0.717) is 17.1 Å². The number of aromatic nitrogens is 5. The van der Waals surface area contributed by atoms with Gasteiger partial charge in [0.15, 0.2) is 0 Å². The van der Waals surface area contributed by atoms with Gasteiger partial charge in [-0.05, 0) is 56.9 Å². The molecule has 1 aromatic carbocycles. The van der Waals surface area contributed by atoms with Gasteiger partial charge in [-0.3, -0.25) is 14.7 Å². The maximum atomic E-state index is 13.0. The Hall–Kier alpha value is -3.72. The molecule has 3 heterocycles. The highest BCUT2D eigenvalue weighted by atomic mass is 16.5. The van der Waals surface area contributed by atoms with E-state index in [1.165, 1.54) is 0 Å². The Morgan fingerprint density at radius 1 is 1.24 bits per heavy atom. The third-order valence-electron chi connectivity index (χ3n) is 6.43. The molecular formula is C24H27N6O3+. The van der Waals surface area contributed by atoms with E-state index in [1.807, 2.05) is 36.0 Å². The van der Waals surface area contributed by atoms with Gasteiger partial charge in [-0.2, -0.15) is 10.2 Å². The molecule has 1 fully saturated rings. The minimum Gasteiger partial charge on any atom is -0.390 e. The van der Waals surface area contributed by atoms with Crippen molar-refractivity contribution in [3.63, 3.8) is 0 Å². The van der Waals surface area contributed by atoms with Gasteiger partial charge in [0.2, 0.25) is 5.69 Å². The van der Waals surface area contributed by atoms with Gasteiger partial charge in [0.25, 0.3) is 0 Å². The molecule has 1 aliphatic carbocycles. The van der Waals surface area contributed by atoms with E-state index < -0.39 is 11.5 Å². The van der Waals surface area contributed by atoms with Gasteiger partial charge in [-0.15, -0.1) is 0 Å². The van der Waals surface area contributed by atoms with E-state index in [-0.39, 0.29) is 11.7 Å². The standard InChI is InChI=1S/C24H26N6O3/c1-16-5-3-6-21(30(16)33)23(31)26-20-13-17-15-29(18-7-9-24(2,32)10-8-18)27-19(17)14-22(20)28-12-4-11-25-28/h3-6,11-15,18,32H,7-10H2,1-2H3,(H-,26,31,33)/p+1. The highest BCUT2D eigenvalue weighted by Gasteiger charge is 2.30. The second-order valence-electron chi connectivity index (χ2n) is 9.03. The van der Waals surface area contributed by atoms with E-state index in [4.69, 9.17) is 5.10 Å². The lowest BCUT2D eigenvalue weighted by Gasteiger charge is -2.33. The number of nitrogens with zero attached hydrogens (tertiary/aromatic N) is 5. The molecule has 4 aromatic rings. The van der Waals surface area contributed by atoms with Gasteiger partial charge >= 0.3 is 11.6 Å². The number of fused-ring (bicyclic) bond motifs is 1. The van der Waals surface area contributed by atoms with Crippen LogP contribution in [0.2, 0.25) is 0 Å². The zero-order valence-corrected chi connectivity index (χ0v) is 18.6. The highest BCUT2D eigenvalue weighted by Crippen LogP contribution is 2.35. The first kappa shape index (κ1) is 21.1. The van der Waals surface area contributed by atoms with Crippen LogP contribution >= 0.6 is 0 Å². The Kier molecular flexibility index (Phi) is 5.13. The predicted octanol–water partition coefficient (Wildman–Crippen LogP) is 3.17. The number of aryl methyl sites for hydroxylation is 1. The average molecular weight is 448 g/mol. The summed E-state index contributed by atoms with van der Waals surface area (Å²) in [5, 5.41) is 33.5. The van der Waals surface area contributed by atoms with Crippen LogP contribution in [0, 0.1) is 6.92 Å². The van der Waals surface area contributed by atoms with Crippen LogP contribution in [0.3, 0.4) is 0 Å². The molecule has 9 heteroatoms. The van der Waals surface area contributed by atoms with Gasteiger partial charge in [-0.1, -0.05) is 0 Å².